The maximum absolute atomic E-state index is 12.2. The molecular formula is C18H25Cl2N3O2. The molecular weight excluding hydrogens is 361 g/mol. The first-order valence-electron chi connectivity index (χ1n) is 8.24. The molecule has 3 rings (SSSR count). The number of hydrogen-bond donors (Lipinski definition) is 1. The molecule has 0 spiro atoms. The molecule has 5 nitrogen and oxygen atoms in total. The summed E-state index contributed by atoms with van der Waals surface area (Å²) in [7, 11) is 0. The fourth-order valence-electron chi connectivity index (χ4n) is 2.96. The van der Waals surface area contributed by atoms with Crippen molar-refractivity contribution in [1.82, 2.24) is 9.88 Å². The van der Waals surface area contributed by atoms with Gasteiger partial charge in [0, 0.05) is 31.5 Å². The molecule has 0 bridgehead atoms. The molecule has 1 unspecified atom stereocenters. The number of amides is 1. The molecule has 1 aromatic heterocycles. The molecule has 1 fully saturated rings. The first-order chi connectivity index (χ1) is 11.3. The third-order valence-electron chi connectivity index (χ3n) is 4.37. The maximum atomic E-state index is 12.2. The van der Waals surface area contributed by atoms with Crippen molar-refractivity contribution in [3.63, 3.8) is 0 Å². The molecule has 25 heavy (non-hydrogen) atoms. The highest BCUT2D eigenvalue weighted by molar-refractivity contribution is 5.85. The fraction of sp³-hybridized carbons (Fsp3) is 0.444. The standard InChI is InChI=1S/C18H23N3O2.2ClH/c19-11-14-9-10-21(13-14)18(22)8-4-7-17-20-12-16(23-17)15-5-2-1-3-6-15;;/h1-3,5-6,12,14H,4,7-11,13,19H2;2*1H. The Hall–Kier alpha value is -1.56. The number of oxazole rings is 1. The smallest absolute Gasteiger partial charge is 0.222 e. The fourth-order valence-corrected chi connectivity index (χ4v) is 2.96. The number of rotatable bonds is 6. The van der Waals surface area contributed by atoms with Crippen molar-refractivity contribution in [2.45, 2.75) is 25.7 Å². The van der Waals surface area contributed by atoms with Crippen LogP contribution in [0.15, 0.2) is 40.9 Å². The van der Waals surface area contributed by atoms with Crippen molar-refractivity contribution >= 4 is 30.7 Å². The van der Waals surface area contributed by atoms with Gasteiger partial charge in [0.2, 0.25) is 5.91 Å². The number of aromatic nitrogens is 1. The number of likely N-dealkylation sites (tertiary alicyclic amines) is 1. The summed E-state index contributed by atoms with van der Waals surface area (Å²) in [6.45, 7) is 2.33. The topological polar surface area (TPSA) is 72.4 Å². The molecule has 1 aromatic carbocycles. The molecule has 0 radical (unpaired) electrons. The SMILES string of the molecule is Cl.Cl.NCC1CCN(C(=O)CCCc2ncc(-c3ccccc3)o2)C1. The predicted octanol–water partition coefficient (Wildman–Crippen LogP) is 3.32. The number of hydrogen-bond acceptors (Lipinski definition) is 4. The van der Waals surface area contributed by atoms with Crippen LogP contribution in [0, 0.1) is 5.92 Å². The van der Waals surface area contributed by atoms with Gasteiger partial charge in [0.15, 0.2) is 11.7 Å². The van der Waals surface area contributed by atoms with Gasteiger partial charge in [-0.25, -0.2) is 4.98 Å². The van der Waals surface area contributed by atoms with E-state index in [4.69, 9.17) is 10.2 Å². The van der Waals surface area contributed by atoms with E-state index in [1.807, 2.05) is 35.2 Å². The average molecular weight is 386 g/mol. The van der Waals surface area contributed by atoms with Gasteiger partial charge in [-0.3, -0.25) is 4.79 Å². The van der Waals surface area contributed by atoms with Gasteiger partial charge >= 0.3 is 0 Å². The largest absolute Gasteiger partial charge is 0.441 e. The van der Waals surface area contributed by atoms with E-state index < -0.39 is 0 Å². The van der Waals surface area contributed by atoms with Crippen LogP contribution in [-0.4, -0.2) is 35.4 Å². The van der Waals surface area contributed by atoms with Gasteiger partial charge < -0.3 is 15.1 Å². The van der Waals surface area contributed by atoms with Crippen LogP contribution >= 0.6 is 24.8 Å². The highest BCUT2D eigenvalue weighted by Gasteiger charge is 2.24. The van der Waals surface area contributed by atoms with E-state index in [-0.39, 0.29) is 30.7 Å². The van der Waals surface area contributed by atoms with E-state index in [2.05, 4.69) is 4.98 Å². The average Bonchev–Trinajstić information content (AvgIpc) is 3.25. The molecule has 1 aliphatic rings. The van der Waals surface area contributed by atoms with E-state index in [1.54, 1.807) is 6.20 Å². The van der Waals surface area contributed by atoms with Crippen molar-refractivity contribution < 1.29 is 9.21 Å². The number of carbonyl (C=O) groups is 1. The Morgan fingerprint density at radius 3 is 2.72 bits per heavy atom. The number of carbonyl (C=O) groups excluding carboxylic acids is 1. The zero-order valence-corrected chi connectivity index (χ0v) is 15.7. The monoisotopic (exact) mass is 385 g/mol. The maximum Gasteiger partial charge on any atom is 0.222 e. The van der Waals surface area contributed by atoms with Crippen molar-refractivity contribution in [3.05, 3.63) is 42.4 Å². The summed E-state index contributed by atoms with van der Waals surface area (Å²) in [6.07, 6.45) is 4.77. The lowest BCUT2D eigenvalue weighted by molar-refractivity contribution is -0.130. The van der Waals surface area contributed by atoms with Crippen LogP contribution in [-0.2, 0) is 11.2 Å². The zero-order chi connectivity index (χ0) is 16.1. The second kappa shape index (κ2) is 10.4. The highest BCUT2D eigenvalue weighted by Crippen LogP contribution is 2.21. The second-order valence-corrected chi connectivity index (χ2v) is 6.07. The van der Waals surface area contributed by atoms with Gasteiger partial charge in [-0.2, -0.15) is 0 Å². The number of nitrogens with zero attached hydrogens (tertiary/aromatic N) is 2. The molecule has 0 aliphatic carbocycles. The van der Waals surface area contributed by atoms with Crippen LogP contribution in [0.3, 0.4) is 0 Å². The molecule has 1 saturated heterocycles. The van der Waals surface area contributed by atoms with E-state index in [9.17, 15) is 4.79 Å². The van der Waals surface area contributed by atoms with Crippen molar-refractivity contribution in [1.29, 1.82) is 0 Å². The molecule has 2 heterocycles. The van der Waals surface area contributed by atoms with E-state index in [0.29, 0.717) is 31.2 Å². The summed E-state index contributed by atoms with van der Waals surface area (Å²) in [6, 6.07) is 9.91. The summed E-state index contributed by atoms with van der Waals surface area (Å²) >= 11 is 0. The van der Waals surface area contributed by atoms with E-state index >= 15 is 0 Å². The van der Waals surface area contributed by atoms with Gasteiger partial charge in [0.1, 0.15) is 0 Å². The minimum atomic E-state index is 0. The van der Waals surface area contributed by atoms with Gasteiger partial charge in [0.25, 0.3) is 0 Å². The van der Waals surface area contributed by atoms with Crippen molar-refractivity contribution in [2.75, 3.05) is 19.6 Å². The molecule has 1 atom stereocenters. The zero-order valence-electron chi connectivity index (χ0n) is 14.1. The van der Waals surface area contributed by atoms with Crippen LogP contribution < -0.4 is 5.73 Å². The summed E-state index contributed by atoms with van der Waals surface area (Å²) < 4.78 is 5.76. The Morgan fingerprint density at radius 1 is 1.28 bits per heavy atom. The molecule has 1 aliphatic heterocycles. The Labute approximate surface area is 160 Å². The van der Waals surface area contributed by atoms with Crippen molar-refractivity contribution in [2.24, 2.45) is 11.7 Å². The molecule has 138 valence electrons. The lowest BCUT2D eigenvalue weighted by Gasteiger charge is -2.15. The van der Waals surface area contributed by atoms with Gasteiger partial charge in [0.05, 0.1) is 6.20 Å². The first-order valence-corrected chi connectivity index (χ1v) is 8.24. The molecule has 1 amide bonds. The predicted molar refractivity (Wildman–Crippen MR) is 103 cm³/mol. The normalized spacial score (nSPS) is 16.2. The van der Waals surface area contributed by atoms with Crippen molar-refractivity contribution in [3.8, 4) is 11.3 Å². The van der Waals surface area contributed by atoms with Crippen LogP contribution in [0.1, 0.15) is 25.2 Å². The number of aryl methyl sites for hydroxylation is 1. The second-order valence-electron chi connectivity index (χ2n) is 6.07. The molecule has 2 N–H and O–H groups in total. The Morgan fingerprint density at radius 2 is 2.04 bits per heavy atom. The quantitative estimate of drug-likeness (QED) is 0.827. The highest BCUT2D eigenvalue weighted by atomic mass is 35.5. The van der Waals surface area contributed by atoms with Gasteiger partial charge in [-0.1, -0.05) is 30.3 Å². The lowest BCUT2D eigenvalue weighted by Crippen LogP contribution is -2.29. The minimum absolute atomic E-state index is 0. The summed E-state index contributed by atoms with van der Waals surface area (Å²) in [4.78, 5) is 18.4. The Kier molecular flexibility index (Phi) is 8.97. The number of nitrogens with two attached hydrogens (primary N) is 1. The number of halogens is 2. The molecule has 2 aromatic rings. The van der Waals surface area contributed by atoms with Gasteiger partial charge in [-0.15, -0.1) is 24.8 Å². The summed E-state index contributed by atoms with van der Waals surface area (Å²) in [5, 5.41) is 0. The Bertz CT molecular complexity index is 649. The van der Waals surface area contributed by atoms with E-state index in [1.165, 1.54) is 0 Å². The number of benzene rings is 1. The van der Waals surface area contributed by atoms with E-state index in [0.717, 1.165) is 37.3 Å². The minimum Gasteiger partial charge on any atom is -0.441 e. The third-order valence-corrected chi connectivity index (χ3v) is 4.37. The first kappa shape index (κ1) is 21.5. The molecule has 0 saturated carbocycles. The molecule has 7 heteroatoms. The van der Waals surface area contributed by atoms with Crippen LogP contribution in [0.25, 0.3) is 11.3 Å². The lowest BCUT2D eigenvalue weighted by atomic mass is 10.1. The van der Waals surface area contributed by atoms with Crippen LogP contribution in [0.2, 0.25) is 0 Å². The third kappa shape index (κ3) is 5.73. The Balaban J connectivity index is 0.00000156. The summed E-state index contributed by atoms with van der Waals surface area (Å²) in [5.41, 5.74) is 6.68. The van der Waals surface area contributed by atoms with Gasteiger partial charge in [-0.05, 0) is 25.3 Å². The summed E-state index contributed by atoms with van der Waals surface area (Å²) in [5.74, 6) is 2.16. The van der Waals surface area contributed by atoms with Crippen LogP contribution in [0.4, 0.5) is 0 Å². The van der Waals surface area contributed by atoms with Crippen LogP contribution in [0.5, 0.6) is 0 Å².